The minimum absolute atomic E-state index is 0.171. The Kier molecular flexibility index (Phi) is 3.66. The molecule has 7 nitrogen and oxygen atoms in total. The van der Waals surface area contributed by atoms with Crippen LogP contribution in [0.5, 0.6) is 11.5 Å². The van der Waals surface area contributed by atoms with E-state index in [4.69, 9.17) is 19.9 Å². The molecule has 1 fully saturated rings. The molecule has 3 rings (SSSR count). The summed E-state index contributed by atoms with van der Waals surface area (Å²) in [4.78, 5) is 0. The van der Waals surface area contributed by atoms with E-state index in [9.17, 15) is 0 Å². The van der Waals surface area contributed by atoms with Gasteiger partial charge < -0.3 is 19.9 Å². The number of rotatable bonds is 4. The van der Waals surface area contributed by atoms with Gasteiger partial charge in [-0.15, -0.1) is 10.2 Å². The van der Waals surface area contributed by atoms with Gasteiger partial charge in [0.1, 0.15) is 23.0 Å². The lowest BCUT2D eigenvalue weighted by Crippen LogP contribution is -2.12. The average Bonchev–Trinajstić information content (AvgIpc) is 3.15. The predicted molar refractivity (Wildman–Crippen MR) is 77.1 cm³/mol. The summed E-state index contributed by atoms with van der Waals surface area (Å²) >= 11 is 0. The van der Waals surface area contributed by atoms with Gasteiger partial charge in [0.25, 0.3) is 0 Å². The number of aromatic nitrogens is 3. The third kappa shape index (κ3) is 2.29. The number of hydrogen-bond donors (Lipinski definition) is 1. The normalized spacial score (nSPS) is 17.9. The molecule has 0 aliphatic carbocycles. The highest BCUT2D eigenvalue weighted by atomic mass is 16.5. The average molecular weight is 290 g/mol. The fourth-order valence-electron chi connectivity index (χ4n) is 2.59. The predicted octanol–water partition coefficient (Wildman–Crippen LogP) is 1.37. The molecule has 7 heteroatoms. The molecule has 2 aromatic rings. The lowest BCUT2D eigenvalue weighted by molar-refractivity contribution is 0.193. The number of ether oxygens (including phenoxy) is 3. The maximum absolute atomic E-state index is 6.03. The second-order valence-corrected chi connectivity index (χ2v) is 4.82. The minimum Gasteiger partial charge on any atom is -0.494 e. The zero-order valence-electron chi connectivity index (χ0n) is 12.1. The highest BCUT2D eigenvalue weighted by molar-refractivity contribution is 5.60. The molecule has 2 heterocycles. The Labute approximate surface area is 122 Å². The zero-order chi connectivity index (χ0) is 14.8. The maximum atomic E-state index is 6.03. The van der Waals surface area contributed by atoms with Crippen molar-refractivity contribution in [2.24, 2.45) is 0 Å². The molecule has 1 aliphatic rings. The van der Waals surface area contributed by atoms with Crippen LogP contribution in [0.3, 0.4) is 0 Å². The highest BCUT2D eigenvalue weighted by Gasteiger charge is 2.27. The zero-order valence-corrected chi connectivity index (χ0v) is 12.1. The van der Waals surface area contributed by atoms with E-state index >= 15 is 0 Å². The van der Waals surface area contributed by atoms with E-state index in [1.54, 1.807) is 18.8 Å². The summed E-state index contributed by atoms with van der Waals surface area (Å²) in [5, 5.41) is 8.23. The molecule has 112 valence electrons. The molecule has 0 spiro atoms. The van der Waals surface area contributed by atoms with E-state index in [-0.39, 0.29) is 5.92 Å². The summed E-state index contributed by atoms with van der Waals surface area (Å²) in [6.07, 6.45) is 0.898. The first-order valence-corrected chi connectivity index (χ1v) is 6.76. The van der Waals surface area contributed by atoms with Crippen LogP contribution in [0.1, 0.15) is 18.2 Å². The Morgan fingerprint density at radius 3 is 2.52 bits per heavy atom. The van der Waals surface area contributed by atoms with Crippen molar-refractivity contribution in [3.8, 4) is 17.2 Å². The first kappa shape index (κ1) is 13.7. The molecule has 1 aliphatic heterocycles. The lowest BCUT2D eigenvalue weighted by atomic mass is 10.1. The number of nitrogen functional groups attached to an aromatic ring is 1. The van der Waals surface area contributed by atoms with Crippen molar-refractivity contribution in [2.45, 2.75) is 12.3 Å². The van der Waals surface area contributed by atoms with E-state index in [1.165, 1.54) is 0 Å². The second-order valence-electron chi connectivity index (χ2n) is 4.82. The Morgan fingerprint density at radius 2 is 1.95 bits per heavy atom. The topological polar surface area (TPSA) is 84.4 Å². The highest BCUT2D eigenvalue weighted by Crippen LogP contribution is 2.37. The van der Waals surface area contributed by atoms with Crippen LogP contribution in [-0.2, 0) is 4.74 Å². The molecule has 0 radical (unpaired) electrons. The quantitative estimate of drug-likeness (QED) is 0.915. The number of methoxy groups -OCH3 is 2. The first-order valence-electron chi connectivity index (χ1n) is 6.76. The Balaban J connectivity index is 2.18. The number of nitrogens with two attached hydrogens (primary N) is 1. The summed E-state index contributed by atoms with van der Waals surface area (Å²) in [6.45, 7) is 1.34. The van der Waals surface area contributed by atoms with Crippen LogP contribution < -0.4 is 15.2 Å². The molecule has 0 amide bonds. The van der Waals surface area contributed by atoms with Gasteiger partial charge in [0, 0.05) is 12.5 Å². The standard InChI is InChI=1S/C14H18N4O3/c1-19-10-4-3-5-11(20-2)12(10)18-13(16-17-14(18)15)9-6-7-21-8-9/h3-5,9H,6-8H2,1-2H3,(H2,15,17). The molecule has 0 bridgehead atoms. The SMILES string of the molecule is COc1cccc(OC)c1-n1c(N)nnc1C1CCOC1. The van der Waals surface area contributed by atoms with Gasteiger partial charge in [-0.05, 0) is 18.6 Å². The number of hydrogen-bond acceptors (Lipinski definition) is 6. The van der Waals surface area contributed by atoms with Crippen LogP contribution in [0.15, 0.2) is 18.2 Å². The molecule has 1 atom stereocenters. The minimum atomic E-state index is 0.171. The van der Waals surface area contributed by atoms with Crippen LogP contribution in [0.25, 0.3) is 5.69 Å². The van der Waals surface area contributed by atoms with Crippen molar-refractivity contribution < 1.29 is 14.2 Å². The molecular formula is C14H18N4O3. The first-order chi connectivity index (χ1) is 10.3. The van der Waals surface area contributed by atoms with Crippen LogP contribution in [0.2, 0.25) is 0 Å². The van der Waals surface area contributed by atoms with Crippen molar-refractivity contribution >= 4 is 5.95 Å². The number of para-hydroxylation sites is 1. The van der Waals surface area contributed by atoms with Crippen LogP contribution in [0.4, 0.5) is 5.95 Å². The monoisotopic (exact) mass is 290 g/mol. The summed E-state index contributed by atoms with van der Waals surface area (Å²) in [5.41, 5.74) is 6.74. The van der Waals surface area contributed by atoms with Gasteiger partial charge >= 0.3 is 0 Å². The van der Waals surface area contributed by atoms with E-state index in [0.717, 1.165) is 18.9 Å². The Hall–Kier alpha value is -2.28. The van der Waals surface area contributed by atoms with E-state index in [0.29, 0.717) is 29.7 Å². The van der Waals surface area contributed by atoms with E-state index < -0.39 is 0 Å². The van der Waals surface area contributed by atoms with Gasteiger partial charge in [-0.2, -0.15) is 0 Å². The molecule has 2 N–H and O–H groups in total. The van der Waals surface area contributed by atoms with Gasteiger partial charge in [0.05, 0.1) is 20.8 Å². The van der Waals surface area contributed by atoms with E-state index in [2.05, 4.69) is 10.2 Å². The largest absolute Gasteiger partial charge is 0.494 e. The molecular weight excluding hydrogens is 272 g/mol. The molecule has 21 heavy (non-hydrogen) atoms. The van der Waals surface area contributed by atoms with Gasteiger partial charge in [-0.1, -0.05) is 6.07 Å². The smallest absolute Gasteiger partial charge is 0.226 e. The number of benzene rings is 1. The molecule has 1 unspecified atom stereocenters. The Bertz CT molecular complexity index is 613. The maximum Gasteiger partial charge on any atom is 0.226 e. The summed E-state index contributed by atoms with van der Waals surface area (Å²) in [7, 11) is 3.22. The lowest BCUT2D eigenvalue weighted by Gasteiger charge is -2.17. The van der Waals surface area contributed by atoms with Gasteiger partial charge in [0.2, 0.25) is 5.95 Å². The van der Waals surface area contributed by atoms with Crippen LogP contribution in [-0.4, -0.2) is 42.2 Å². The van der Waals surface area contributed by atoms with Crippen molar-refractivity contribution in [3.63, 3.8) is 0 Å². The fraction of sp³-hybridized carbons (Fsp3) is 0.429. The summed E-state index contributed by atoms with van der Waals surface area (Å²) < 4.78 is 18.1. The second kappa shape index (κ2) is 5.61. The van der Waals surface area contributed by atoms with Crippen LogP contribution >= 0.6 is 0 Å². The fourth-order valence-corrected chi connectivity index (χ4v) is 2.59. The third-order valence-corrected chi connectivity index (χ3v) is 3.63. The molecule has 1 saturated heterocycles. The van der Waals surface area contributed by atoms with Crippen molar-refractivity contribution in [3.05, 3.63) is 24.0 Å². The molecule has 1 aromatic carbocycles. The van der Waals surface area contributed by atoms with Gasteiger partial charge in [-0.3, -0.25) is 4.57 Å². The summed E-state index contributed by atoms with van der Waals surface area (Å²) in [5.74, 6) is 2.55. The number of nitrogens with zero attached hydrogens (tertiary/aromatic N) is 3. The van der Waals surface area contributed by atoms with Gasteiger partial charge in [-0.25, -0.2) is 0 Å². The number of anilines is 1. The van der Waals surface area contributed by atoms with Crippen molar-refractivity contribution in [2.75, 3.05) is 33.2 Å². The van der Waals surface area contributed by atoms with Crippen molar-refractivity contribution in [1.29, 1.82) is 0 Å². The van der Waals surface area contributed by atoms with Crippen LogP contribution in [0, 0.1) is 0 Å². The summed E-state index contributed by atoms with van der Waals surface area (Å²) in [6, 6.07) is 5.57. The van der Waals surface area contributed by atoms with E-state index in [1.807, 2.05) is 18.2 Å². The molecule has 1 aromatic heterocycles. The Morgan fingerprint density at radius 1 is 1.24 bits per heavy atom. The molecule has 0 saturated carbocycles. The van der Waals surface area contributed by atoms with Crippen molar-refractivity contribution in [1.82, 2.24) is 14.8 Å². The van der Waals surface area contributed by atoms with Gasteiger partial charge in [0.15, 0.2) is 0 Å². The third-order valence-electron chi connectivity index (χ3n) is 3.63.